The number of alkyl halides is 3. The summed E-state index contributed by atoms with van der Waals surface area (Å²) in [5.74, 6) is -2.26. The number of aliphatic hydroxyl groups excluding tert-OH is 2. The number of carbonyl (C=O) groups is 1. The molecule has 0 spiro atoms. The van der Waals surface area contributed by atoms with Crippen molar-refractivity contribution in [3.8, 4) is 0 Å². The Balaban J connectivity index is 2.45. The van der Waals surface area contributed by atoms with Crippen LogP contribution in [0.1, 0.15) is 12.0 Å². The first-order chi connectivity index (χ1) is 11.5. The van der Waals surface area contributed by atoms with Crippen molar-refractivity contribution in [2.24, 2.45) is 0 Å². The van der Waals surface area contributed by atoms with E-state index in [1.165, 1.54) is 6.92 Å². The molecule has 9 nitrogen and oxygen atoms in total. The van der Waals surface area contributed by atoms with Gasteiger partial charge >= 0.3 is 17.8 Å². The summed E-state index contributed by atoms with van der Waals surface area (Å²) in [4.78, 5) is 36.6. The Morgan fingerprint density at radius 2 is 2.16 bits per heavy atom. The minimum absolute atomic E-state index is 0.0617. The molecule has 0 saturated carbocycles. The maximum absolute atomic E-state index is 12.4. The minimum atomic E-state index is -5.15. The topological polar surface area (TPSA) is 134 Å². The molecule has 1 saturated heterocycles. The lowest BCUT2D eigenvalue weighted by atomic mass is 10.1. The third kappa shape index (κ3) is 3.75. The molecular formula is C13H16F3N3O6. The summed E-state index contributed by atoms with van der Waals surface area (Å²) in [6.07, 6.45) is -6.97. The predicted octanol–water partition coefficient (Wildman–Crippen LogP) is -1.68. The van der Waals surface area contributed by atoms with Crippen molar-refractivity contribution in [1.82, 2.24) is 14.9 Å². The highest BCUT2D eigenvalue weighted by atomic mass is 19.4. The molecular weight excluding hydrogens is 351 g/mol. The summed E-state index contributed by atoms with van der Waals surface area (Å²) in [7, 11) is 0. The first-order valence-corrected chi connectivity index (χ1v) is 7.15. The summed E-state index contributed by atoms with van der Waals surface area (Å²) in [5.41, 5.74) is -3.54. The van der Waals surface area contributed by atoms with Crippen LogP contribution < -0.4 is 16.6 Å². The minimum Gasteiger partial charge on any atom is -0.394 e. The zero-order chi connectivity index (χ0) is 19.0. The monoisotopic (exact) mass is 367 g/mol. The number of halogens is 3. The normalized spacial score (nSPS) is 26.6. The van der Waals surface area contributed by atoms with E-state index in [-0.39, 0.29) is 12.0 Å². The second kappa shape index (κ2) is 6.61. The summed E-state index contributed by atoms with van der Waals surface area (Å²) in [5, 5.41) is 20.7. The van der Waals surface area contributed by atoms with E-state index in [2.05, 4.69) is 0 Å². The molecule has 2 rings (SSSR count). The summed E-state index contributed by atoms with van der Waals surface area (Å²) < 4.78 is 43.4. The first kappa shape index (κ1) is 19.1. The highest BCUT2D eigenvalue weighted by Crippen LogP contribution is 2.34. The standard InChI is InChI=1S/C13H16F3N3O6/c1-6-3-19(11(24)18-9(6)22)12(2-7(21)8(4-20)25-12)5-17-10(23)13(14,15)16/h3,7-8,20-21H,2,4-5H2,1H3,(H,17,23)(H,18,22,24)/t7-,8+,12-/m0/s1. The van der Waals surface area contributed by atoms with Gasteiger partial charge in [-0.15, -0.1) is 0 Å². The number of hydrogen-bond donors (Lipinski definition) is 4. The van der Waals surface area contributed by atoms with Crippen molar-refractivity contribution in [2.45, 2.75) is 37.5 Å². The molecule has 25 heavy (non-hydrogen) atoms. The van der Waals surface area contributed by atoms with E-state index in [0.717, 1.165) is 10.8 Å². The number of carbonyl (C=O) groups excluding carboxylic acids is 1. The van der Waals surface area contributed by atoms with Crippen LogP contribution in [0, 0.1) is 6.92 Å². The number of aromatic nitrogens is 2. The summed E-state index contributed by atoms with van der Waals surface area (Å²) >= 11 is 0. The summed E-state index contributed by atoms with van der Waals surface area (Å²) in [6.45, 7) is -0.122. The molecule has 0 bridgehead atoms. The fourth-order valence-corrected chi connectivity index (χ4v) is 2.57. The van der Waals surface area contributed by atoms with Gasteiger partial charge in [0.25, 0.3) is 5.56 Å². The van der Waals surface area contributed by atoms with Gasteiger partial charge in [-0.25, -0.2) is 4.79 Å². The first-order valence-electron chi connectivity index (χ1n) is 7.15. The average molecular weight is 367 g/mol. The summed E-state index contributed by atoms with van der Waals surface area (Å²) in [6, 6.07) is 0. The second-order valence-corrected chi connectivity index (χ2v) is 5.68. The molecule has 1 amide bonds. The van der Waals surface area contributed by atoms with Gasteiger partial charge in [-0.3, -0.25) is 19.1 Å². The number of amides is 1. The van der Waals surface area contributed by atoms with Crippen molar-refractivity contribution < 1.29 is 32.9 Å². The van der Waals surface area contributed by atoms with Crippen molar-refractivity contribution in [3.05, 3.63) is 32.6 Å². The Kier molecular flexibility index (Phi) is 5.06. The van der Waals surface area contributed by atoms with Crippen LogP contribution in [0.4, 0.5) is 13.2 Å². The number of ether oxygens (including phenoxy) is 1. The molecule has 1 aromatic heterocycles. The molecule has 4 N–H and O–H groups in total. The van der Waals surface area contributed by atoms with Crippen LogP contribution in [0.15, 0.2) is 15.8 Å². The molecule has 140 valence electrons. The lowest BCUT2D eigenvalue weighted by molar-refractivity contribution is -0.177. The largest absolute Gasteiger partial charge is 0.471 e. The Morgan fingerprint density at radius 1 is 1.52 bits per heavy atom. The lowest BCUT2D eigenvalue weighted by Gasteiger charge is -2.31. The number of aryl methyl sites for hydroxylation is 1. The average Bonchev–Trinajstić information content (AvgIpc) is 2.84. The van der Waals surface area contributed by atoms with Gasteiger partial charge in [-0.05, 0) is 6.92 Å². The predicted molar refractivity (Wildman–Crippen MR) is 75.7 cm³/mol. The number of rotatable bonds is 4. The van der Waals surface area contributed by atoms with Crippen LogP contribution in [0.2, 0.25) is 0 Å². The molecule has 2 heterocycles. The molecule has 0 radical (unpaired) electrons. The fourth-order valence-electron chi connectivity index (χ4n) is 2.57. The Bertz CT molecular complexity index is 773. The van der Waals surface area contributed by atoms with E-state index in [9.17, 15) is 37.8 Å². The van der Waals surface area contributed by atoms with Gasteiger partial charge in [0, 0.05) is 18.2 Å². The highest BCUT2D eigenvalue weighted by Gasteiger charge is 2.49. The number of hydrogen-bond acceptors (Lipinski definition) is 6. The van der Waals surface area contributed by atoms with E-state index in [1.54, 1.807) is 5.32 Å². The zero-order valence-electron chi connectivity index (χ0n) is 13.0. The van der Waals surface area contributed by atoms with E-state index < -0.39 is 54.4 Å². The van der Waals surface area contributed by atoms with Crippen LogP contribution in [0.3, 0.4) is 0 Å². The van der Waals surface area contributed by atoms with Gasteiger partial charge < -0.3 is 20.3 Å². The molecule has 12 heteroatoms. The second-order valence-electron chi connectivity index (χ2n) is 5.68. The van der Waals surface area contributed by atoms with Crippen LogP contribution in [-0.2, 0) is 15.3 Å². The SMILES string of the molecule is Cc1cn([C@@]2(CNC(=O)C(F)(F)F)C[C@H](O)[C@@H](CO)O2)c(=O)[nH]c1=O. The zero-order valence-corrected chi connectivity index (χ0v) is 13.0. The fraction of sp³-hybridized carbons (Fsp3) is 0.615. The van der Waals surface area contributed by atoms with Gasteiger partial charge in [0.1, 0.15) is 6.10 Å². The van der Waals surface area contributed by atoms with Crippen molar-refractivity contribution >= 4 is 5.91 Å². The Morgan fingerprint density at radius 3 is 2.68 bits per heavy atom. The van der Waals surface area contributed by atoms with Gasteiger partial charge in [0.2, 0.25) is 0 Å². The number of H-pyrrole nitrogens is 1. The van der Waals surface area contributed by atoms with Crippen LogP contribution in [0.5, 0.6) is 0 Å². The molecule has 0 aromatic carbocycles. The quantitative estimate of drug-likeness (QED) is 0.502. The smallest absolute Gasteiger partial charge is 0.394 e. The van der Waals surface area contributed by atoms with E-state index >= 15 is 0 Å². The molecule has 1 aliphatic rings. The number of nitrogens with one attached hydrogen (secondary N) is 2. The van der Waals surface area contributed by atoms with E-state index in [0.29, 0.717) is 0 Å². The van der Waals surface area contributed by atoms with Crippen molar-refractivity contribution in [1.29, 1.82) is 0 Å². The highest BCUT2D eigenvalue weighted by molar-refractivity contribution is 5.81. The molecule has 1 aromatic rings. The van der Waals surface area contributed by atoms with Gasteiger partial charge in [0.05, 0.1) is 19.3 Å². The molecule has 3 atom stereocenters. The Hall–Kier alpha value is -2.18. The Labute approximate surface area is 138 Å². The molecule has 1 fully saturated rings. The number of nitrogens with zero attached hydrogens (tertiary/aromatic N) is 1. The van der Waals surface area contributed by atoms with Crippen molar-refractivity contribution in [2.75, 3.05) is 13.2 Å². The molecule has 1 aliphatic heterocycles. The molecule has 0 aliphatic carbocycles. The third-order valence-electron chi connectivity index (χ3n) is 3.85. The third-order valence-corrected chi connectivity index (χ3v) is 3.85. The number of aromatic amines is 1. The molecule has 0 unspecified atom stereocenters. The van der Waals surface area contributed by atoms with Gasteiger partial charge in [0.15, 0.2) is 5.72 Å². The van der Waals surface area contributed by atoms with Gasteiger partial charge in [-0.1, -0.05) is 0 Å². The van der Waals surface area contributed by atoms with Crippen LogP contribution >= 0.6 is 0 Å². The number of aliphatic hydroxyl groups is 2. The van der Waals surface area contributed by atoms with Gasteiger partial charge in [-0.2, -0.15) is 13.2 Å². The maximum atomic E-state index is 12.4. The lowest BCUT2D eigenvalue weighted by Crippen LogP contribution is -2.53. The van der Waals surface area contributed by atoms with Crippen molar-refractivity contribution in [3.63, 3.8) is 0 Å². The van der Waals surface area contributed by atoms with Crippen LogP contribution in [0.25, 0.3) is 0 Å². The van der Waals surface area contributed by atoms with E-state index in [1.807, 2.05) is 4.98 Å². The van der Waals surface area contributed by atoms with E-state index in [4.69, 9.17) is 4.74 Å². The maximum Gasteiger partial charge on any atom is 0.471 e. The van der Waals surface area contributed by atoms with Crippen LogP contribution in [-0.4, -0.2) is 57.2 Å².